The fraction of sp³-hybridized carbons (Fsp3) is 0.0909. The number of aryl methyl sites for hydroxylation is 1. The number of nitrogens with one attached hydrogen (secondary N) is 1. The molecule has 0 bridgehead atoms. The summed E-state index contributed by atoms with van der Waals surface area (Å²) in [6.45, 7) is 1.90. The molecule has 15 heavy (non-hydrogen) atoms. The maximum atomic E-state index is 11.5. The molecule has 0 aliphatic heterocycles. The molecular weight excluding hydrogens is 212 g/mol. The summed E-state index contributed by atoms with van der Waals surface area (Å²) < 4.78 is 0. The molecule has 1 aromatic carbocycles. The molecule has 0 spiro atoms. The minimum Gasteiger partial charge on any atom is -0.326 e. The van der Waals surface area contributed by atoms with E-state index >= 15 is 0 Å². The Hall–Kier alpha value is -1.61. The van der Waals surface area contributed by atoms with Crippen molar-refractivity contribution in [2.24, 2.45) is 0 Å². The van der Waals surface area contributed by atoms with E-state index in [0.29, 0.717) is 10.7 Å². The third-order valence-corrected chi connectivity index (χ3v) is 2.39. The molecular formula is C11H9ClN2O. The molecule has 0 aliphatic carbocycles. The Balaban J connectivity index is 2.65. The summed E-state index contributed by atoms with van der Waals surface area (Å²) in [7, 11) is 0. The van der Waals surface area contributed by atoms with Crippen molar-refractivity contribution in [1.29, 1.82) is 0 Å². The Kier molecular flexibility index (Phi) is 2.56. The van der Waals surface area contributed by atoms with Gasteiger partial charge in [-0.3, -0.25) is 4.79 Å². The van der Waals surface area contributed by atoms with Crippen molar-refractivity contribution in [1.82, 2.24) is 9.97 Å². The van der Waals surface area contributed by atoms with Gasteiger partial charge in [0.2, 0.25) is 0 Å². The van der Waals surface area contributed by atoms with Crippen molar-refractivity contribution >= 4 is 11.6 Å². The normalized spacial score (nSPS) is 10.3. The van der Waals surface area contributed by atoms with Crippen molar-refractivity contribution in [2.45, 2.75) is 6.92 Å². The molecule has 0 atom stereocenters. The lowest BCUT2D eigenvalue weighted by atomic mass is 10.1. The summed E-state index contributed by atoms with van der Waals surface area (Å²) in [5.74, 6) is 0. The first-order valence-electron chi connectivity index (χ1n) is 4.48. The molecule has 1 aromatic heterocycles. The van der Waals surface area contributed by atoms with Crippen molar-refractivity contribution in [2.75, 3.05) is 0 Å². The van der Waals surface area contributed by atoms with E-state index in [0.717, 1.165) is 11.1 Å². The van der Waals surface area contributed by atoms with E-state index in [1.165, 1.54) is 6.20 Å². The van der Waals surface area contributed by atoms with Crippen molar-refractivity contribution in [3.8, 4) is 11.3 Å². The highest BCUT2D eigenvalue weighted by Crippen LogP contribution is 2.21. The number of benzene rings is 1. The van der Waals surface area contributed by atoms with E-state index < -0.39 is 0 Å². The number of hydrogen-bond donors (Lipinski definition) is 1. The first-order chi connectivity index (χ1) is 7.18. The molecule has 4 heteroatoms. The Morgan fingerprint density at radius 1 is 1.40 bits per heavy atom. The summed E-state index contributed by atoms with van der Waals surface area (Å²) >= 11 is 5.84. The maximum Gasteiger partial charge on any atom is 0.274 e. The maximum absolute atomic E-state index is 11.5. The van der Waals surface area contributed by atoms with Gasteiger partial charge in [0, 0.05) is 23.0 Å². The molecule has 0 saturated heterocycles. The van der Waals surface area contributed by atoms with Crippen LogP contribution in [0.2, 0.25) is 5.02 Å². The number of rotatable bonds is 1. The van der Waals surface area contributed by atoms with Gasteiger partial charge in [0.05, 0.1) is 0 Å². The van der Waals surface area contributed by atoms with Gasteiger partial charge in [0.1, 0.15) is 5.69 Å². The summed E-state index contributed by atoms with van der Waals surface area (Å²) in [6.07, 6.45) is 3.07. The van der Waals surface area contributed by atoms with Crippen LogP contribution in [-0.4, -0.2) is 9.97 Å². The summed E-state index contributed by atoms with van der Waals surface area (Å²) in [4.78, 5) is 18.1. The van der Waals surface area contributed by atoms with Gasteiger partial charge in [-0.15, -0.1) is 0 Å². The molecule has 0 radical (unpaired) electrons. The van der Waals surface area contributed by atoms with Crippen LogP contribution in [0.1, 0.15) is 5.56 Å². The highest BCUT2D eigenvalue weighted by Gasteiger charge is 2.06. The van der Waals surface area contributed by atoms with Gasteiger partial charge < -0.3 is 4.98 Å². The molecule has 2 rings (SSSR count). The average molecular weight is 221 g/mol. The number of hydrogen-bond acceptors (Lipinski definition) is 2. The molecule has 0 fully saturated rings. The van der Waals surface area contributed by atoms with Crippen LogP contribution < -0.4 is 5.56 Å². The smallest absolute Gasteiger partial charge is 0.274 e. The Labute approximate surface area is 91.8 Å². The van der Waals surface area contributed by atoms with Crippen LogP contribution >= 0.6 is 11.6 Å². The van der Waals surface area contributed by atoms with Crippen molar-refractivity contribution in [3.63, 3.8) is 0 Å². The summed E-state index contributed by atoms with van der Waals surface area (Å²) in [5.41, 5.74) is 1.97. The third kappa shape index (κ3) is 1.92. The second-order valence-electron chi connectivity index (χ2n) is 3.23. The van der Waals surface area contributed by atoms with Crippen LogP contribution in [0.15, 0.2) is 35.4 Å². The van der Waals surface area contributed by atoms with Gasteiger partial charge in [-0.25, -0.2) is 4.98 Å². The predicted molar refractivity (Wildman–Crippen MR) is 60.0 cm³/mol. The first-order valence-corrected chi connectivity index (χ1v) is 4.86. The van der Waals surface area contributed by atoms with Crippen molar-refractivity contribution < 1.29 is 0 Å². The van der Waals surface area contributed by atoms with E-state index in [4.69, 9.17) is 11.6 Å². The van der Waals surface area contributed by atoms with Gasteiger partial charge in [0.15, 0.2) is 0 Å². The molecule has 0 unspecified atom stereocenters. The lowest BCUT2D eigenvalue weighted by Crippen LogP contribution is -2.10. The minimum absolute atomic E-state index is 0.192. The van der Waals surface area contributed by atoms with Crippen LogP contribution in [0.4, 0.5) is 0 Å². The highest BCUT2D eigenvalue weighted by molar-refractivity contribution is 6.30. The monoisotopic (exact) mass is 220 g/mol. The number of aromatic nitrogens is 2. The molecule has 1 heterocycles. The highest BCUT2D eigenvalue weighted by atomic mass is 35.5. The first kappa shape index (κ1) is 9.93. The number of nitrogens with zero attached hydrogens (tertiary/aromatic N) is 1. The largest absolute Gasteiger partial charge is 0.326 e. The summed E-state index contributed by atoms with van der Waals surface area (Å²) in [5, 5.41) is 0.656. The lowest BCUT2D eigenvalue weighted by Gasteiger charge is -2.03. The number of halogens is 1. The van der Waals surface area contributed by atoms with Gasteiger partial charge in [-0.1, -0.05) is 17.7 Å². The second-order valence-corrected chi connectivity index (χ2v) is 3.66. The fourth-order valence-corrected chi connectivity index (χ4v) is 1.66. The van der Waals surface area contributed by atoms with Gasteiger partial charge >= 0.3 is 0 Å². The molecule has 2 aromatic rings. The molecule has 76 valence electrons. The third-order valence-electron chi connectivity index (χ3n) is 2.15. The van der Waals surface area contributed by atoms with E-state index in [9.17, 15) is 4.79 Å². The van der Waals surface area contributed by atoms with Crippen molar-refractivity contribution in [3.05, 3.63) is 51.5 Å². The van der Waals surface area contributed by atoms with Gasteiger partial charge in [0.25, 0.3) is 5.56 Å². The quantitative estimate of drug-likeness (QED) is 0.802. The zero-order chi connectivity index (χ0) is 10.8. The van der Waals surface area contributed by atoms with E-state index in [1.54, 1.807) is 18.3 Å². The van der Waals surface area contributed by atoms with Crippen LogP contribution in [0.5, 0.6) is 0 Å². The minimum atomic E-state index is -0.192. The van der Waals surface area contributed by atoms with Crippen LogP contribution in [-0.2, 0) is 0 Å². The zero-order valence-corrected chi connectivity index (χ0v) is 8.88. The Morgan fingerprint density at radius 2 is 2.20 bits per heavy atom. The average Bonchev–Trinajstić information content (AvgIpc) is 2.20. The summed E-state index contributed by atoms with van der Waals surface area (Å²) in [6, 6.07) is 5.36. The van der Waals surface area contributed by atoms with Crippen LogP contribution in [0.25, 0.3) is 11.3 Å². The van der Waals surface area contributed by atoms with Gasteiger partial charge in [-0.2, -0.15) is 0 Å². The van der Waals surface area contributed by atoms with Gasteiger partial charge in [-0.05, 0) is 24.6 Å². The molecule has 0 saturated carbocycles. The van der Waals surface area contributed by atoms with E-state index in [1.807, 2.05) is 13.0 Å². The zero-order valence-electron chi connectivity index (χ0n) is 8.12. The SMILES string of the molecule is Cc1cc(Cl)ccc1-c1ncc[nH]c1=O. The molecule has 1 N–H and O–H groups in total. The standard InChI is InChI=1S/C11H9ClN2O/c1-7-6-8(12)2-3-9(7)10-11(15)14-5-4-13-10/h2-6H,1H3,(H,14,15). The lowest BCUT2D eigenvalue weighted by molar-refractivity contribution is 1.14. The van der Waals surface area contributed by atoms with E-state index in [2.05, 4.69) is 9.97 Å². The Bertz CT molecular complexity index is 548. The molecule has 0 aliphatic rings. The predicted octanol–water partition coefficient (Wildman–Crippen LogP) is 2.40. The Morgan fingerprint density at radius 3 is 2.87 bits per heavy atom. The number of H-pyrrole nitrogens is 1. The fourth-order valence-electron chi connectivity index (χ4n) is 1.44. The second kappa shape index (κ2) is 3.87. The topological polar surface area (TPSA) is 45.8 Å². The molecule has 3 nitrogen and oxygen atoms in total. The number of aromatic amines is 1. The van der Waals surface area contributed by atoms with E-state index in [-0.39, 0.29) is 5.56 Å². The molecule has 0 amide bonds. The van der Waals surface area contributed by atoms with Crippen LogP contribution in [0, 0.1) is 6.92 Å². The van der Waals surface area contributed by atoms with Crippen LogP contribution in [0.3, 0.4) is 0 Å².